The third-order valence-corrected chi connectivity index (χ3v) is 6.74. The average Bonchev–Trinajstić information content (AvgIpc) is 3.16. The summed E-state index contributed by atoms with van der Waals surface area (Å²) in [7, 11) is 3.71. The number of imidazole rings is 1. The summed E-state index contributed by atoms with van der Waals surface area (Å²) < 4.78 is 2.09. The Morgan fingerprint density at radius 2 is 2.00 bits per heavy atom. The van der Waals surface area contributed by atoms with Gasteiger partial charge >= 0.3 is 0 Å². The van der Waals surface area contributed by atoms with Crippen LogP contribution in [0.1, 0.15) is 32.5 Å². The lowest BCUT2D eigenvalue weighted by Crippen LogP contribution is -2.43. The molecule has 1 spiro atoms. The summed E-state index contributed by atoms with van der Waals surface area (Å²) in [5.74, 6) is 1.68. The second kappa shape index (κ2) is 8.02. The highest BCUT2D eigenvalue weighted by Crippen LogP contribution is 2.60. The number of amides is 2. The number of carbonyl (C=O) groups excluding carboxylic acids is 2. The fourth-order valence-electron chi connectivity index (χ4n) is 5.14. The summed E-state index contributed by atoms with van der Waals surface area (Å²) in [6, 6.07) is 7.96. The molecule has 0 unspecified atom stereocenters. The summed E-state index contributed by atoms with van der Waals surface area (Å²) in [4.78, 5) is 32.2. The van der Waals surface area contributed by atoms with E-state index in [0.717, 1.165) is 42.8 Å². The number of likely N-dealkylation sites (N-methyl/N-ethyl adjacent to an activating group) is 1. The summed E-state index contributed by atoms with van der Waals surface area (Å²) in [6.45, 7) is 6.65. The van der Waals surface area contributed by atoms with E-state index in [9.17, 15) is 9.59 Å². The van der Waals surface area contributed by atoms with Gasteiger partial charge in [0.1, 0.15) is 5.82 Å². The minimum Gasteiger partial charge on any atom is -0.358 e. The van der Waals surface area contributed by atoms with Crippen molar-refractivity contribution < 1.29 is 9.59 Å². The Hall–Kier alpha value is -2.41. The summed E-state index contributed by atoms with van der Waals surface area (Å²) in [5.41, 5.74) is 2.06. The largest absolute Gasteiger partial charge is 0.358 e. The van der Waals surface area contributed by atoms with Gasteiger partial charge in [0, 0.05) is 46.1 Å². The van der Waals surface area contributed by atoms with Gasteiger partial charge in [-0.3, -0.25) is 14.5 Å². The molecule has 1 saturated carbocycles. The predicted molar refractivity (Wildman–Crippen MR) is 117 cm³/mol. The van der Waals surface area contributed by atoms with E-state index in [1.807, 2.05) is 25.2 Å². The number of fused-ring (bicyclic) bond motifs is 1. The van der Waals surface area contributed by atoms with Gasteiger partial charge in [-0.05, 0) is 36.3 Å². The zero-order valence-corrected chi connectivity index (χ0v) is 18.4. The molecule has 4 rings (SSSR count). The maximum absolute atomic E-state index is 12.8. The van der Waals surface area contributed by atoms with Crippen LogP contribution in [0.2, 0.25) is 0 Å². The molecule has 1 aliphatic heterocycles. The Balaban J connectivity index is 1.34. The Labute approximate surface area is 178 Å². The fourth-order valence-corrected chi connectivity index (χ4v) is 5.14. The van der Waals surface area contributed by atoms with E-state index in [-0.39, 0.29) is 29.2 Å². The molecule has 162 valence electrons. The first-order chi connectivity index (χ1) is 14.3. The third kappa shape index (κ3) is 3.83. The molecule has 2 amide bonds. The Morgan fingerprint density at radius 1 is 1.23 bits per heavy atom. The molecule has 2 fully saturated rings. The fraction of sp³-hybridized carbons (Fsp3) is 0.609. The topological polar surface area (TPSA) is 79.3 Å². The van der Waals surface area contributed by atoms with Crippen LogP contribution in [0.5, 0.6) is 0 Å². The van der Waals surface area contributed by atoms with Gasteiger partial charge in [-0.25, -0.2) is 4.98 Å². The quantitative estimate of drug-likeness (QED) is 0.727. The smallest absolute Gasteiger partial charge is 0.237 e. The Morgan fingerprint density at radius 3 is 2.70 bits per heavy atom. The van der Waals surface area contributed by atoms with Crippen LogP contribution in [0, 0.1) is 17.3 Å². The number of aryl methyl sites for hydroxylation is 1. The number of nitrogens with zero attached hydrogens (tertiary/aromatic N) is 3. The highest BCUT2D eigenvalue weighted by atomic mass is 16.2. The van der Waals surface area contributed by atoms with Gasteiger partial charge in [0.05, 0.1) is 17.1 Å². The van der Waals surface area contributed by atoms with Crippen molar-refractivity contribution in [2.24, 2.45) is 24.3 Å². The van der Waals surface area contributed by atoms with Crippen molar-refractivity contribution in [3.05, 3.63) is 30.1 Å². The van der Waals surface area contributed by atoms with Gasteiger partial charge in [0.15, 0.2) is 0 Å². The van der Waals surface area contributed by atoms with Crippen LogP contribution in [0.25, 0.3) is 11.0 Å². The van der Waals surface area contributed by atoms with E-state index >= 15 is 0 Å². The van der Waals surface area contributed by atoms with Gasteiger partial charge in [0.25, 0.3) is 0 Å². The molecule has 2 N–H and O–H groups in total. The molecule has 1 saturated heterocycles. The molecule has 0 radical (unpaired) electrons. The summed E-state index contributed by atoms with van der Waals surface area (Å²) >= 11 is 0. The number of hydrogen-bond acceptors (Lipinski definition) is 4. The maximum Gasteiger partial charge on any atom is 0.237 e. The minimum atomic E-state index is -0.116. The van der Waals surface area contributed by atoms with E-state index in [1.54, 1.807) is 7.05 Å². The SMILES string of the molecule is CNC(=O)[C@@H]1C[C@@]2(C[C@@H]2C(=O)NCCc2nc3ccccc3n2C)CN1CC(C)C. The maximum atomic E-state index is 12.8. The van der Waals surface area contributed by atoms with Crippen molar-refractivity contribution >= 4 is 22.8 Å². The zero-order chi connectivity index (χ0) is 21.5. The second-order valence-corrected chi connectivity index (χ2v) is 9.39. The molecular formula is C23H33N5O2. The monoisotopic (exact) mass is 411 g/mol. The highest BCUT2D eigenvalue weighted by molar-refractivity contribution is 5.85. The first-order valence-corrected chi connectivity index (χ1v) is 11.0. The van der Waals surface area contributed by atoms with Crippen LogP contribution < -0.4 is 10.6 Å². The average molecular weight is 412 g/mol. The van der Waals surface area contributed by atoms with Crippen LogP contribution in [-0.2, 0) is 23.1 Å². The van der Waals surface area contributed by atoms with Crippen molar-refractivity contribution in [3.8, 4) is 0 Å². The molecule has 0 bridgehead atoms. The van der Waals surface area contributed by atoms with Gasteiger partial charge < -0.3 is 15.2 Å². The standard InChI is InChI=1S/C23H33N5O2/c1-15(2)13-28-14-23(12-19(28)22(30)24-3)11-16(23)21(29)25-10-9-20-26-17-7-5-6-8-18(17)27(20)4/h5-8,15-16,19H,9-14H2,1-4H3,(H,24,30)(H,25,29)/t16-,19+,23+/m1/s1. The number of para-hydroxylation sites is 2. The normalized spacial score (nSPS) is 25.9. The lowest BCUT2D eigenvalue weighted by Gasteiger charge is -2.24. The van der Waals surface area contributed by atoms with Crippen molar-refractivity contribution in [3.63, 3.8) is 0 Å². The van der Waals surface area contributed by atoms with E-state index in [2.05, 4.69) is 45.0 Å². The number of benzene rings is 1. The van der Waals surface area contributed by atoms with E-state index in [4.69, 9.17) is 0 Å². The van der Waals surface area contributed by atoms with Gasteiger partial charge in [-0.1, -0.05) is 26.0 Å². The van der Waals surface area contributed by atoms with Crippen molar-refractivity contribution in [2.75, 3.05) is 26.7 Å². The molecule has 2 heterocycles. The van der Waals surface area contributed by atoms with Gasteiger partial charge in [0.2, 0.25) is 11.8 Å². The van der Waals surface area contributed by atoms with Gasteiger partial charge in [-0.15, -0.1) is 0 Å². The van der Waals surface area contributed by atoms with Crippen LogP contribution in [0.15, 0.2) is 24.3 Å². The predicted octanol–water partition coefficient (Wildman–Crippen LogP) is 1.71. The second-order valence-electron chi connectivity index (χ2n) is 9.39. The van der Waals surface area contributed by atoms with Crippen molar-refractivity contribution in [1.29, 1.82) is 0 Å². The number of nitrogens with one attached hydrogen (secondary N) is 2. The molecule has 1 aromatic carbocycles. The molecule has 2 aliphatic rings. The molecule has 3 atom stereocenters. The zero-order valence-electron chi connectivity index (χ0n) is 18.4. The lowest BCUT2D eigenvalue weighted by molar-refractivity contribution is -0.125. The number of likely N-dealkylation sites (tertiary alicyclic amines) is 1. The van der Waals surface area contributed by atoms with E-state index in [0.29, 0.717) is 18.9 Å². The van der Waals surface area contributed by atoms with Crippen LogP contribution in [0.4, 0.5) is 0 Å². The highest BCUT2D eigenvalue weighted by Gasteiger charge is 2.63. The van der Waals surface area contributed by atoms with Gasteiger partial charge in [-0.2, -0.15) is 0 Å². The van der Waals surface area contributed by atoms with E-state index < -0.39 is 0 Å². The molecule has 30 heavy (non-hydrogen) atoms. The lowest BCUT2D eigenvalue weighted by atomic mass is 9.99. The molecule has 7 nitrogen and oxygen atoms in total. The minimum absolute atomic E-state index is 0.0160. The molecule has 7 heteroatoms. The number of hydrogen-bond donors (Lipinski definition) is 2. The third-order valence-electron chi connectivity index (χ3n) is 6.74. The van der Waals surface area contributed by atoms with Crippen LogP contribution in [0.3, 0.4) is 0 Å². The Bertz CT molecular complexity index is 952. The molecular weight excluding hydrogens is 378 g/mol. The number of rotatable bonds is 7. The molecule has 1 aliphatic carbocycles. The van der Waals surface area contributed by atoms with Crippen molar-refractivity contribution in [1.82, 2.24) is 25.1 Å². The molecule has 1 aromatic heterocycles. The molecule has 2 aromatic rings. The van der Waals surface area contributed by atoms with Crippen molar-refractivity contribution in [2.45, 2.75) is 39.2 Å². The Kier molecular flexibility index (Phi) is 5.57. The van der Waals surface area contributed by atoms with E-state index in [1.165, 1.54) is 0 Å². The van der Waals surface area contributed by atoms with Crippen LogP contribution in [-0.4, -0.2) is 59.0 Å². The number of carbonyl (C=O) groups is 2. The number of aromatic nitrogens is 2. The first-order valence-electron chi connectivity index (χ1n) is 11.0. The summed E-state index contributed by atoms with van der Waals surface area (Å²) in [6.07, 6.45) is 2.37. The van der Waals surface area contributed by atoms with Crippen LogP contribution >= 0.6 is 0 Å². The first kappa shape index (κ1) is 20.8. The summed E-state index contributed by atoms with van der Waals surface area (Å²) in [5, 5.41) is 5.92.